The van der Waals surface area contributed by atoms with Gasteiger partial charge < -0.3 is 4.74 Å². The smallest absolute Gasteiger partial charge is 0.305 e. The first-order chi connectivity index (χ1) is 12.1. The van der Waals surface area contributed by atoms with E-state index in [0.29, 0.717) is 11.5 Å². The normalized spacial score (nSPS) is 19.0. The number of carbonyl (C=O) groups excluding carboxylic acids is 2. The van der Waals surface area contributed by atoms with Crippen LogP contribution in [0.25, 0.3) is 0 Å². The molecule has 1 aliphatic rings. The topological polar surface area (TPSA) is 43.4 Å². The van der Waals surface area contributed by atoms with E-state index >= 15 is 0 Å². The zero-order valence-corrected chi connectivity index (χ0v) is 16.3. The van der Waals surface area contributed by atoms with Crippen molar-refractivity contribution in [2.24, 2.45) is 5.92 Å². The van der Waals surface area contributed by atoms with E-state index in [4.69, 9.17) is 11.6 Å². The predicted molar refractivity (Wildman–Crippen MR) is 104 cm³/mol. The number of ketones is 1. The molecule has 0 radical (unpaired) electrons. The molecule has 0 saturated carbocycles. The Morgan fingerprint density at radius 2 is 1.92 bits per heavy atom. The fourth-order valence-corrected chi connectivity index (χ4v) is 3.17. The number of methoxy groups -OCH3 is 1. The summed E-state index contributed by atoms with van der Waals surface area (Å²) in [6, 6.07) is 0. The maximum atomic E-state index is 12.2. The lowest BCUT2D eigenvalue weighted by molar-refractivity contribution is -0.140. The summed E-state index contributed by atoms with van der Waals surface area (Å²) in [6.45, 7) is 2.20. The Hall–Kier alpha value is -1.35. The van der Waals surface area contributed by atoms with E-state index in [-0.39, 0.29) is 17.7 Å². The van der Waals surface area contributed by atoms with Crippen LogP contribution in [-0.2, 0) is 14.3 Å². The van der Waals surface area contributed by atoms with E-state index in [0.717, 1.165) is 44.1 Å². The lowest BCUT2D eigenvalue weighted by atomic mass is 9.96. The summed E-state index contributed by atoms with van der Waals surface area (Å²) in [5.41, 5.74) is 0.830. The van der Waals surface area contributed by atoms with Gasteiger partial charge in [-0.1, -0.05) is 62.1 Å². The van der Waals surface area contributed by atoms with Crippen molar-refractivity contribution in [2.45, 2.75) is 71.1 Å². The van der Waals surface area contributed by atoms with Crippen LogP contribution in [0.15, 0.2) is 34.9 Å². The Labute approximate surface area is 157 Å². The predicted octanol–water partition coefficient (Wildman–Crippen LogP) is 5.88. The molecule has 0 fully saturated rings. The van der Waals surface area contributed by atoms with Crippen LogP contribution in [0.4, 0.5) is 0 Å². The maximum absolute atomic E-state index is 12.2. The van der Waals surface area contributed by atoms with Crippen LogP contribution in [0.5, 0.6) is 0 Å². The molecule has 0 aromatic rings. The van der Waals surface area contributed by atoms with E-state index in [1.165, 1.54) is 26.4 Å². The summed E-state index contributed by atoms with van der Waals surface area (Å²) in [5, 5.41) is 0.348. The number of Topliss-reactive ketones (excluding diaryl/α,β-unsaturated/α-hetero) is 1. The number of halogens is 1. The summed E-state index contributed by atoms with van der Waals surface area (Å²) in [5.74, 6) is -0.0794. The van der Waals surface area contributed by atoms with Crippen molar-refractivity contribution in [2.75, 3.05) is 7.11 Å². The molecule has 4 heteroatoms. The van der Waals surface area contributed by atoms with Gasteiger partial charge in [-0.15, -0.1) is 0 Å². The van der Waals surface area contributed by atoms with Crippen LogP contribution in [0, 0.1) is 5.92 Å². The number of esters is 1. The van der Waals surface area contributed by atoms with E-state index < -0.39 is 0 Å². The number of ether oxygens (including phenoxy) is 1. The maximum Gasteiger partial charge on any atom is 0.305 e. The molecule has 1 unspecified atom stereocenters. The Morgan fingerprint density at radius 3 is 2.64 bits per heavy atom. The Bertz CT molecular complexity index is 517. The van der Waals surface area contributed by atoms with Crippen LogP contribution >= 0.6 is 11.6 Å². The highest BCUT2D eigenvalue weighted by atomic mass is 35.5. The molecule has 1 rings (SSSR count). The standard InChI is InChI=1S/C21H31ClO3/c1-3-4-5-6-7-10-13-17-16-19(22)21(24)18(17)14-11-8-9-12-15-20(23)25-2/h7,10,14,16-17H,3-6,8-9,11-13,15H2,1-2H3/b10-7+,18-14-. The third-order valence-corrected chi connectivity index (χ3v) is 4.73. The molecule has 0 N–H and O–H groups in total. The number of unbranched alkanes of at least 4 members (excludes halogenated alkanes) is 6. The quantitative estimate of drug-likeness (QED) is 0.187. The number of carbonyl (C=O) groups is 2. The van der Waals surface area contributed by atoms with Crippen LogP contribution in [0.1, 0.15) is 71.1 Å². The molecule has 0 aromatic heterocycles. The third-order valence-electron chi connectivity index (χ3n) is 4.43. The van der Waals surface area contributed by atoms with Gasteiger partial charge in [-0.25, -0.2) is 0 Å². The lowest BCUT2D eigenvalue weighted by Crippen LogP contribution is -2.03. The highest BCUT2D eigenvalue weighted by Gasteiger charge is 2.27. The monoisotopic (exact) mass is 366 g/mol. The second-order valence-corrected chi connectivity index (χ2v) is 6.90. The Morgan fingerprint density at radius 1 is 1.16 bits per heavy atom. The summed E-state index contributed by atoms with van der Waals surface area (Å²) in [4.78, 5) is 23.2. The van der Waals surface area contributed by atoms with Crippen molar-refractivity contribution in [3.8, 4) is 0 Å². The summed E-state index contributed by atoms with van der Waals surface area (Å²) in [7, 11) is 1.41. The number of rotatable bonds is 12. The first-order valence-corrected chi connectivity index (χ1v) is 9.81. The van der Waals surface area contributed by atoms with E-state index in [1.807, 2.05) is 12.2 Å². The molecule has 1 atom stereocenters. The fraction of sp³-hybridized carbons (Fsp3) is 0.619. The van der Waals surface area contributed by atoms with Crippen molar-refractivity contribution in [3.05, 3.63) is 34.9 Å². The van der Waals surface area contributed by atoms with Gasteiger partial charge in [0.15, 0.2) is 5.78 Å². The van der Waals surface area contributed by atoms with Gasteiger partial charge in [-0.3, -0.25) is 9.59 Å². The SMILES string of the molecule is CCCCC/C=C/CC1C=C(Cl)C(=O)/C1=C\CCCCCC(=O)OC. The second kappa shape index (κ2) is 12.9. The van der Waals surface area contributed by atoms with Crippen LogP contribution in [0.3, 0.4) is 0 Å². The summed E-state index contributed by atoms with van der Waals surface area (Å²) < 4.78 is 4.62. The van der Waals surface area contributed by atoms with E-state index in [9.17, 15) is 9.59 Å². The van der Waals surface area contributed by atoms with Gasteiger partial charge in [-0.05, 0) is 38.5 Å². The van der Waals surface area contributed by atoms with Gasteiger partial charge in [0, 0.05) is 17.9 Å². The molecule has 0 aliphatic heterocycles. The molecule has 0 amide bonds. The molecular weight excluding hydrogens is 336 g/mol. The largest absolute Gasteiger partial charge is 0.469 e. The zero-order chi connectivity index (χ0) is 18.5. The van der Waals surface area contributed by atoms with E-state index in [2.05, 4.69) is 23.8 Å². The van der Waals surface area contributed by atoms with Gasteiger partial charge in [0.2, 0.25) is 0 Å². The zero-order valence-electron chi connectivity index (χ0n) is 15.6. The number of hydrogen-bond donors (Lipinski definition) is 0. The minimum atomic E-state index is -0.161. The van der Waals surface area contributed by atoms with Gasteiger partial charge in [0.1, 0.15) is 0 Å². The van der Waals surface area contributed by atoms with Crippen molar-refractivity contribution in [1.29, 1.82) is 0 Å². The van der Waals surface area contributed by atoms with Crippen molar-refractivity contribution in [1.82, 2.24) is 0 Å². The van der Waals surface area contributed by atoms with Crippen LogP contribution < -0.4 is 0 Å². The second-order valence-electron chi connectivity index (χ2n) is 6.49. The number of allylic oxidation sites excluding steroid dienone is 6. The van der Waals surface area contributed by atoms with Crippen molar-refractivity contribution >= 4 is 23.4 Å². The fourth-order valence-electron chi connectivity index (χ4n) is 2.91. The molecule has 1 aliphatic carbocycles. The molecule has 140 valence electrons. The first kappa shape index (κ1) is 21.7. The average Bonchev–Trinajstić information content (AvgIpc) is 2.88. The number of hydrogen-bond acceptors (Lipinski definition) is 3. The molecular formula is C21H31ClO3. The molecule has 0 heterocycles. The van der Waals surface area contributed by atoms with Gasteiger partial charge in [0.25, 0.3) is 0 Å². The Kier molecular flexibility index (Phi) is 11.2. The highest BCUT2D eigenvalue weighted by Crippen LogP contribution is 2.32. The molecule has 25 heavy (non-hydrogen) atoms. The van der Waals surface area contributed by atoms with Gasteiger partial charge in [0.05, 0.1) is 12.1 Å². The molecule has 0 spiro atoms. The van der Waals surface area contributed by atoms with Crippen molar-refractivity contribution in [3.63, 3.8) is 0 Å². The molecule has 0 saturated heterocycles. The summed E-state index contributed by atoms with van der Waals surface area (Å²) >= 11 is 6.04. The minimum absolute atomic E-state index is 0.0272. The van der Waals surface area contributed by atoms with Crippen LogP contribution in [0.2, 0.25) is 0 Å². The average molecular weight is 367 g/mol. The van der Waals surface area contributed by atoms with Gasteiger partial charge >= 0.3 is 5.97 Å². The summed E-state index contributed by atoms with van der Waals surface area (Å²) in [6.07, 6.45) is 18.0. The molecule has 3 nitrogen and oxygen atoms in total. The first-order valence-electron chi connectivity index (χ1n) is 9.44. The van der Waals surface area contributed by atoms with E-state index in [1.54, 1.807) is 0 Å². The molecule has 0 bridgehead atoms. The highest BCUT2D eigenvalue weighted by molar-refractivity contribution is 6.46. The molecule has 0 aromatic carbocycles. The minimum Gasteiger partial charge on any atom is -0.469 e. The lowest BCUT2D eigenvalue weighted by Gasteiger charge is -2.07. The van der Waals surface area contributed by atoms with Crippen LogP contribution in [-0.4, -0.2) is 18.9 Å². The third kappa shape index (κ3) is 8.53. The van der Waals surface area contributed by atoms with Crippen molar-refractivity contribution < 1.29 is 14.3 Å². The Balaban J connectivity index is 2.38. The van der Waals surface area contributed by atoms with Gasteiger partial charge in [-0.2, -0.15) is 0 Å².